The summed E-state index contributed by atoms with van der Waals surface area (Å²) in [5.74, 6) is 0. The molecule has 2 aliphatic heterocycles. The van der Waals surface area contributed by atoms with Gasteiger partial charge in [-0.05, 0) is 36.6 Å². The number of nitrogens with zero attached hydrogens (tertiary/aromatic N) is 1. The summed E-state index contributed by atoms with van der Waals surface area (Å²) < 4.78 is 5.41. The smallest absolute Gasteiger partial charge is 0.168 e. The van der Waals surface area contributed by atoms with Gasteiger partial charge in [0.2, 0.25) is 0 Å². The molecule has 0 saturated carbocycles. The summed E-state index contributed by atoms with van der Waals surface area (Å²) in [6.45, 7) is 5.71. The molecule has 0 amide bonds. The van der Waals surface area contributed by atoms with E-state index in [1.807, 2.05) is 0 Å². The van der Waals surface area contributed by atoms with Crippen molar-refractivity contribution >= 4 is 5.71 Å². The Bertz CT molecular complexity index is 473. The van der Waals surface area contributed by atoms with E-state index >= 15 is 0 Å². The number of rotatable bonds is 1. The van der Waals surface area contributed by atoms with Gasteiger partial charge in [-0.15, -0.1) is 0 Å². The number of benzene rings is 1. The highest BCUT2D eigenvalue weighted by molar-refractivity contribution is 6.01. The molecule has 1 atom stereocenters. The Morgan fingerprint density at radius 2 is 2.12 bits per heavy atom. The minimum absolute atomic E-state index is 0.172. The predicted molar refractivity (Wildman–Crippen MR) is 66.3 cm³/mol. The van der Waals surface area contributed by atoms with Crippen LogP contribution in [0.1, 0.15) is 29.5 Å². The first-order chi connectivity index (χ1) is 8.19. The normalized spacial score (nSPS) is 27.3. The number of ether oxygens (including phenoxy) is 1. The molecule has 3 nitrogen and oxygen atoms in total. The Labute approximate surface area is 101 Å². The topological polar surface area (TPSA) is 30.8 Å². The summed E-state index contributed by atoms with van der Waals surface area (Å²) in [6.07, 6.45) is 1.82. The van der Waals surface area contributed by atoms with E-state index in [1.165, 1.54) is 16.7 Å². The maximum Gasteiger partial charge on any atom is 0.168 e. The van der Waals surface area contributed by atoms with Crippen LogP contribution in [0, 0.1) is 13.8 Å². The van der Waals surface area contributed by atoms with Crippen molar-refractivity contribution in [1.29, 1.82) is 0 Å². The molecule has 2 aliphatic rings. The van der Waals surface area contributed by atoms with Crippen LogP contribution >= 0.6 is 0 Å². The fourth-order valence-electron chi connectivity index (χ4n) is 2.40. The first kappa shape index (κ1) is 10.8. The molecule has 0 N–H and O–H groups in total. The quantitative estimate of drug-likeness (QED) is 0.743. The first-order valence-corrected chi connectivity index (χ1v) is 6.09. The van der Waals surface area contributed by atoms with Crippen molar-refractivity contribution in [3.63, 3.8) is 0 Å². The van der Waals surface area contributed by atoms with E-state index in [-0.39, 0.29) is 5.60 Å². The highest BCUT2D eigenvalue weighted by Crippen LogP contribution is 2.34. The molecule has 1 aromatic carbocycles. The Balaban J connectivity index is 1.84. The zero-order valence-corrected chi connectivity index (χ0v) is 10.3. The largest absolute Gasteiger partial charge is 0.386 e. The van der Waals surface area contributed by atoms with Gasteiger partial charge in [0.25, 0.3) is 0 Å². The van der Waals surface area contributed by atoms with Gasteiger partial charge in [0, 0.05) is 12.8 Å². The lowest BCUT2D eigenvalue weighted by atomic mass is 9.92. The molecule has 3 heteroatoms. The van der Waals surface area contributed by atoms with E-state index in [1.54, 1.807) is 0 Å². The maximum atomic E-state index is 5.60. The number of hydrogen-bond acceptors (Lipinski definition) is 3. The molecule has 0 aromatic heterocycles. The monoisotopic (exact) mass is 231 g/mol. The van der Waals surface area contributed by atoms with Gasteiger partial charge < -0.3 is 9.57 Å². The highest BCUT2D eigenvalue weighted by Gasteiger charge is 2.43. The third-order valence-electron chi connectivity index (χ3n) is 3.75. The van der Waals surface area contributed by atoms with Crippen LogP contribution in [0.25, 0.3) is 0 Å². The van der Waals surface area contributed by atoms with Gasteiger partial charge in [-0.3, -0.25) is 0 Å². The Hall–Kier alpha value is -1.35. The van der Waals surface area contributed by atoms with Gasteiger partial charge in [0.05, 0.1) is 18.9 Å². The van der Waals surface area contributed by atoms with E-state index in [0.29, 0.717) is 6.61 Å². The lowest BCUT2D eigenvalue weighted by Gasteiger charge is -2.17. The summed E-state index contributed by atoms with van der Waals surface area (Å²) >= 11 is 0. The van der Waals surface area contributed by atoms with Crippen LogP contribution in [-0.4, -0.2) is 24.5 Å². The lowest BCUT2D eigenvalue weighted by molar-refractivity contribution is -0.0237. The average molecular weight is 231 g/mol. The molecule has 1 saturated heterocycles. The van der Waals surface area contributed by atoms with Crippen molar-refractivity contribution in [2.24, 2.45) is 5.16 Å². The maximum absolute atomic E-state index is 5.60. The third kappa shape index (κ3) is 1.84. The zero-order chi connectivity index (χ0) is 11.9. The second kappa shape index (κ2) is 3.84. The molecular weight excluding hydrogens is 214 g/mol. The Kier molecular flexibility index (Phi) is 2.44. The fraction of sp³-hybridized carbons (Fsp3) is 0.500. The van der Waals surface area contributed by atoms with Gasteiger partial charge in [0.15, 0.2) is 5.60 Å². The van der Waals surface area contributed by atoms with E-state index in [0.717, 1.165) is 25.2 Å². The van der Waals surface area contributed by atoms with Crippen LogP contribution in [0.5, 0.6) is 0 Å². The SMILES string of the molecule is Cc1ccc(C2=NOC3(CCOC3)C2)cc1C. The molecule has 3 rings (SSSR count). The Morgan fingerprint density at radius 3 is 2.82 bits per heavy atom. The second-order valence-electron chi connectivity index (χ2n) is 5.09. The van der Waals surface area contributed by atoms with E-state index in [9.17, 15) is 0 Å². The fourth-order valence-corrected chi connectivity index (χ4v) is 2.40. The van der Waals surface area contributed by atoms with Crippen molar-refractivity contribution < 1.29 is 9.57 Å². The molecule has 0 radical (unpaired) electrons. The van der Waals surface area contributed by atoms with Crippen LogP contribution in [0.15, 0.2) is 23.4 Å². The zero-order valence-electron chi connectivity index (χ0n) is 10.3. The predicted octanol–water partition coefficient (Wildman–Crippen LogP) is 2.59. The number of hydrogen-bond donors (Lipinski definition) is 0. The molecule has 1 spiro atoms. The van der Waals surface area contributed by atoms with E-state index in [2.05, 4.69) is 37.2 Å². The van der Waals surface area contributed by atoms with Crippen molar-refractivity contribution in [1.82, 2.24) is 0 Å². The van der Waals surface area contributed by atoms with Crippen LogP contribution < -0.4 is 0 Å². The summed E-state index contributed by atoms with van der Waals surface area (Å²) in [4.78, 5) is 5.60. The molecule has 2 heterocycles. The molecular formula is C14H17NO2. The summed E-state index contributed by atoms with van der Waals surface area (Å²) in [6, 6.07) is 6.45. The van der Waals surface area contributed by atoms with E-state index in [4.69, 9.17) is 9.57 Å². The molecule has 1 fully saturated rings. The summed E-state index contributed by atoms with van der Waals surface area (Å²) in [5.41, 5.74) is 4.67. The van der Waals surface area contributed by atoms with Gasteiger partial charge in [-0.25, -0.2) is 0 Å². The minimum Gasteiger partial charge on any atom is -0.386 e. The minimum atomic E-state index is -0.172. The summed E-state index contributed by atoms with van der Waals surface area (Å²) in [7, 11) is 0. The van der Waals surface area contributed by atoms with Gasteiger partial charge in [0.1, 0.15) is 0 Å². The first-order valence-electron chi connectivity index (χ1n) is 6.09. The lowest BCUT2D eigenvalue weighted by Crippen LogP contribution is -2.29. The van der Waals surface area contributed by atoms with Crippen LogP contribution in [0.3, 0.4) is 0 Å². The van der Waals surface area contributed by atoms with E-state index < -0.39 is 0 Å². The van der Waals surface area contributed by atoms with Crippen LogP contribution in [0.4, 0.5) is 0 Å². The van der Waals surface area contributed by atoms with Gasteiger partial charge in [-0.1, -0.05) is 17.3 Å². The molecule has 0 aliphatic carbocycles. The molecule has 1 aromatic rings. The number of aryl methyl sites for hydroxylation is 2. The molecule has 90 valence electrons. The molecule has 0 bridgehead atoms. The van der Waals surface area contributed by atoms with Gasteiger partial charge >= 0.3 is 0 Å². The average Bonchev–Trinajstić information content (AvgIpc) is 2.94. The van der Waals surface area contributed by atoms with Crippen LogP contribution in [-0.2, 0) is 9.57 Å². The third-order valence-corrected chi connectivity index (χ3v) is 3.75. The second-order valence-corrected chi connectivity index (χ2v) is 5.09. The molecule has 17 heavy (non-hydrogen) atoms. The van der Waals surface area contributed by atoms with Crippen molar-refractivity contribution in [2.45, 2.75) is 32.3 Å². The molecule has 1 unspecified atom stereocenters. The van der Waals surface area contributed by atoms with Crippen molar-refractivity contribution in [2.75, 3.05) is 13.2 Å². The van der Waals surface area contributed by atoms with Crippen LogP contribution in [0.2, 0.25) is 0 Å². The summed E-state index contributed by atoms with van der Waals surface area (Å²) in [5, 5.41) is 4.25. The standard InChI is InChI=1S/C14H17NO2/c1-10-3-4-12(7-11(10)2)13-8-14(17-15-13)5-6-16-9-14/h3-4,7H,5-6,8-9H2,1-2H3. The van der Waals surface area contributed by atoms with Gasteiger partial charge in [-0.2, -0.15) is 0 Å². The van der Waals surface area contributed by atoms with Crippen molar-refractivity contribution in [3.8, 4) is 0 Å². The number of oxime groups is 1. The highest BCUT2D eigenvalue weighted by atomic mass is 16.7. The van der Waals surface area contributed by atoms with Crippen molar-refractivity contribution in [3.05, 3.63) is 34.9 Å². The Morgan fingerprint density at radius 1 is 1.24 bits per heavy atom.